The van der Waals surface area contributed by atoms with Gasteiger partial charge in [0.1, 0.15) is 6.04 Å². The van der Waals surface area contributed by atoms with Crippen LogP contribution in [0.5, 0.6) is 0 Å². The number of aliphatic hydroxyl groups excluding tert-OH is 1. The smallest absolute Gasteiger partial charge is 0.325 e. The first kappa shape index (κ1) is 13.0. The van der Waals surface area contributed by atoms with Crippen molar-refractivity contribution in [2.24, 2.45) is 0 Å². The summed E-state index contributed by atoms with van der Waals surface area (Å²) in [6.07, 6.45) is 0. The minimum absolute atomic E-state index is 0.101. The zero-order chi connectivity index (χ0) is 13.0. The van der Waals surface area contributed by atoms with E-state index in [1.165, 1.54) is 0 Å². The van der Waals surface area contributed by atoms with Gasteiger partial charge >= 0.3 is 5.97 Å². The predicted octanol–water partition coefficient (Wildman–Crippen LogP) is 0.505. The molecule has 5 nitrogen and oxygen atoms in total. The number of aliphatic carboxylic acids is 1. The van der Waals surface area contributed by atoms with Crippen LogP contribution in [0.2, 0.25) is 0 Å². The van der Waals surface area contributed by atoms with Crippen molar-refractivity contribution in [2.75, 3.05) is 26.4 Å². The van der Waals surface area contributed by atoms with Crippen LogP contribution in [0.4, 0.5) is 0 Å². The van der Waals surface area contributed by atoms with Crippen molar-refractivity contribution in [1.29, 1.82) is 0 Å². The Balaban J connectivity index is 2.27. The van der Waals surface area contributed by atoms with Gasteiger partial charge in [0.05, 0.1) is 25.9 Å². The average molecular weight is 251 g/mol. The molecule has 2 rings (SSSR count). The number of carboxylic acid groups (broad SMARTS) is 1. The van der Waals surface area contributed by atoms with Gasteiger partial charge in [-0.2, -0.15) is 0 Å². The number of hydrogen-bond acceptors (Lipinski definition) is 4. The van der Waals surface area contributed by atoms with Gasteiger partial charge in [-0.3, -0.25) is 9.69 Å². The first-order valence-corrected chi connectivity index (χ1v) is 5.96. The van der Waals surface area contributed by atoms with E-state index in [9.17, 15) is 15.0 Å². The molecule has 2 N–H and O–H groups in total. The summed E-state index contributed by atoms with van der Waals surface area (Å²) >= 11 is 0. The van der Waals surface area contributed by atoms with Crippen molar-refractivity contribution in [3.63, 3.8) is 0 Å². The Morgan fingerprint density at radius 1 is 1.44 bits per heavy atom. The molecular formula is C13H17NO4. The van der Waals surface area contributed by atoms with Crippen molar-refractivity contribution < 1.29 is 19.7 Å². The highest BCUT2D eigenvalue weighted by molar-refractivity contribution is 5.75. The van der Waals surface area contributed by atoms with Crippen molar-refractivity contribution in [1.82, 2.24) is 4.90 Å². The summed E-state index contributed by atoms with van der Waals surface area (Å²) in [6, 6.07) is 8.09. The number of rotatable bonds is 4. The molecule has 18 heavy (non-hydrogen) atoms. The molecule has 1 aromatic rings. The number of carboxylic acids is 1. The Kier molecular flexibility index (Phi) is 4.30. The normalized spacial score (nSPS) is 22.6. The fourth-order valence-electron chi connectivity index (χ4n) is 2.28. The second-order valence-electron chi connectivity index (χ2n) is 4.30. The van der Waals surface area contributed by atoms with Crippen molar-refractivity contribution >= 4 is 5.97 Å². The third kappa shape index (κ3) is 2.69. The van der Waals surface area contributed by atoms with Crippen LogP contribution < -0.4 is 0 Å². The van der Waals surface area contributed by atoms with Crippen LogP contribution in [0.25, 0.3) is 0 Å². The van der Waals surface area contributed by atoms with Crippen LogP contribution in [-0.4, -0.2) is 53.5 Å². The molecule has 98 valence electrons. The van der Waals surface area contributed by atoms with Crippen LogP contribution in [0.3, 0.4) is 0 Å². The Morgan fingerprint density at radius 3 is 2.78 bits per heavy atom. The Hall–Kier alpha value is -1.43. The van der Waals surface area contributed by atoms with Crippen LogP contribution in [-0.2, 0) is 9.53 Å². The second kappa shape index (κ2) is 5.95. The van der Waals surface area contributed by atoms with Gasteiger partial charge in [0, 0.05) is 6.54 Å². The van der Waals surface area contributed by atoms with Gasteiger partial charge in [-0.15, -0.1) is 0 Å². The summed E-state index contributed by atoms with van der Waals surface area (Å²) in [5.74, 6) is -0.901. The topological polar surface area (TPSA) is 70.0 Å². The quantitative estimate of drug-likeness (QED) is 0.815. The Morgan fingerprint density at radius 2 is 2.17 bits per heavy atom. The third-order valence-electron chi connectivity index (χ3n) is 3.16. The average Bonchev–Trinajstić information content (AvgIpc) is 2.40. The molecule has 1 aliphatic heterocycles. The predicted molar refractivity (Wildman–Crippen MR) is 65.2 cm³/mol. The SMILES string of the molecule is O=C(O)C(c1ccccc1)N1CCOCC1CO. The Bertz CT molecular complexity index is 395. The molecule has 0 amide bonds. The van der Waals surface area contributed by atoms with Crippen LogP contribution in [0.1, 0.15) is 11.6 Å². The van der Waals surface area contributed by atoms with Gasteiger partial charge in [-0.1, -0.05) is 30.3 Å². The maximum absolute atomic E-state index is 11.5. The van der Waals surface area contributed by atoms with E-state index in [-0.39, 0.29) is 12.6 Å². The van der Waals surface area contributed by atoms with Crippen molar-refractivity contribution in [2.45, 2.75) is 12.1 Å². The van der Waals surface area contributed by atoms with Gasteiger partial charge in [0.25, 0.3) is 0 Å². The third-order valence-corrected chi connectivity index (χ3v) is 3.16. The highest BCUT2D eigenvalue weighted by atomic mass is 16.5. The van der Waals surface area contributed by atoms with Crippen molar-refractivity contribution in [3.05, 3.63) is 35.9 Å². The van der Waals surface area contributed by atoms with Crippen molar-refractivity contribution in [3.8, 4) is 0 Å². The van der Waals surface area contributed by atoms with E-state index in [0.29, 0.717) is 19.8 Å². The minimum Gasteiger partial charge on any atom is -0.480 e. The van der Waals surface area contributed by atoms with Gasteiger partial charge < -0.3 is 14.9 Å². The van der Waals surface area contributed by atoms with E-state index in [0.717, 1.165) is 5.56 Å². The van der Waals surface area contributed by atoms with E-state index in [2.05, 4.69) is 0 Å². The van der Waals surface area contributed by atoms with Crippen LogP contribution in [0.15, 0.2) is 30.3 Å². The van der Waals surface area contributed by atoms with Gasteiger partial charge in [-0.25, -0.2) is 0 Å². The molecular weight excluding hydrogens is 234 g/mol. The minimum atomic E-state index is -0.901. The molecule has 1 aliphatic rings. The van der Waals surface area contributed by atoms with Crippen LogP contribution in [0, 0.1) is 0 Å². The lowest BCUT2D eigenvalue weighted by Gasteiger charge is -2.38. The number of ether oxygens (including phenoxy) is 1. The second-order valence-corrected chi connectivity index (χ2v) is 4.30. The fourth-order valence-corrected chi connectivity index (χ4v) is 2.28. The molecule has 0 radical (unpaired) electrons. The number of nitrogens with zero attached hydrogens (tertiary/aromatic N) is 1. The van der Waals surface area contributed by atoms with E-state index < -0.39 is 12.0 Å². The summed E-state index contributed by atoms with van der Waals surface area (Å²) in [5.41, 5.74) is 0.727. The Labute approximate surface area is 106 Å². The molecule has 1 aromatic carbocycles. The van der Waals surface area contributed by atoms with Gasteiger partial charge in [0.15, 0.2) is 0 Å². The molecule has 0 aliphatic carbocycles. The molecule has 0 spiro atoms. The molecule has 2 unspecified atom stereocenters. The fraction of sp³-hybridized carbons (Fsp3) is 0.462. The molecule has 1 fully saturated rings. The lowest BCUT2D eigenvalue weighted by molar-refractivity contribution is -0.148. The molecule has 1 heterocycles. The van der Waals surface area contributed by atoms with Gasteiger partial charge in [-0.05, 0) is 5.56 Å². The monoisotopic (exact) mass is 251 g/mol. The summed E-state index contributed by atoms with van der Waals surface area (Å²) in [6.45, 7) is 1.27. The number of morpholine rings is 1. The summed E-state index contributed by atoms with van der Waals surface area (Å²) < 4.78 is 5.27. The number of hydrogen-bond donors (Lipinski definition) is 2. The lowest BCUT2D eigenvalue weighted by Crippen LogP contribution is -2.51. The molecule has 0 aromatic heterocycles. The maximum Gasteiger partial charge on any atom is 0.325 e. The first-order chi connectivity index (χ1) is 8.74. The highest BCUT2D eigenvalue weighted by Crippen LogP contribution is 2.25. The summed E-state index contributed by atoms with van der Waals surface area (Å²) in [4.78, 5) is 13.3. The van der Waals surface area contributed by atoms with Crippen LogP contribution >= 0.6 is 0 Å². The van der Waals surface area contributed by atoms with E-state index >= 15 is 0 Å². The maximum atomic E-state index is 11.5. The van der Waals surface area contributed by atoms with Gasteiger partial charge in [0.2, 0.25) is 0 Å². The van der Waals surface area contributed by atoms with E-state index in [1.54, 1.807) is 17.0 Å². The number of carbonyl (C=O) groups is 1. The number of aliphatic hydroxyl groups is 1. The molecule has 5 heteroatoms. The largest absolute Gasteiger partial charge is 0.480 e. The molecule has 2 atom stereocenters. The molecule has 0 bridgehead atoms. The zero-order valence-corrected chi connectivity index (χ0v) is 10.0. The number of benzene rings is 1. The lowest BCUT2D eigenvalue weighted by atomic mass is 10.0. The highest BCUT2D eigenvalue weighted by Gasteiger charge is 2.34. The summed E-state index contributed by atoms with van der Waals surface area (Å²) in [7, 11) is 0. The summed E-state index contributed by atoms with van der Waals surface area (Å²) in [5, 5.41) is 18.8. The van der Waals surface area contributed by atoms with E-state index in [4.69, 9.17) is 4.74 Å². The molecule has 1 saturated heterocycles. The standard InChI is InChI=1S/C13H17NO4/c15-8-11-9-18-7-6-14(11)12(13(16)17)10-4-2-1-3-5-10/h1-5,11-12,15H,6-9H2,(H,16,17). The van der Waals surface area contributed by atoms with E-state index in [1.807, 2.05) is 18.2 Å². The molecule has 0 saturated carbocycles. The first-order valence-electron chi connectivity index (χ1n) is 5.96. The zero-order valence-electron chi connectivity index (χ0n) is 10.0.